The maximum Gasteiger partial charge on any atom is 0.412 e. The third-order valence-electron chi connectivity index (χ3n) is 2.89. The zero-order chi connectivity index (χ0) is 17.6. The molecule has 1 atom stereocenters. The van der Waals surface area contributed by atoms with Crippen molar-refractivity contribution in [1.82, 2.24) is 0 Å². The van der Waals surface area contributed by atoms with Gasteiger partial charge in [0.1, 0.15) is 5.60 Å². The van der Waals surface area contributed by atoms with E-state index in [-0.39, 0.29) is 0 Å². The Morgan fingerprint density at radius 2 is 1.78 bits per heavy atom. The molecule has 1 rings (SSSR count). The van der Waals surface area contributed by atoms with Gasteiger partial charge in [0.25, 0.3) is 0 Å². The summed E-state index contributed by atoms with van der Waals surface area (Å²) in [5, 5.41) is 2.65. The molecule has 23 heavy (non-hydrogen) atoms. The Bertz CT molecular complexity index is 616. The summed E-state index contributed by atoms with van der Waals surface area (Å²) in [7, 11) is 2.98. The predicted octanol–water partition coefficient (Wildman–Crippen LogP) is 3.45. The number of anilines is 1. The van der Waals surface area contributed by atoms with E-state index in [1.165, 1.54) is 20.3 Å². The predicted molar refractivity (Wildman–Crippen MR) is 85.9 cm³/mol. The first-order valence-electron chi connectivity index (χ1n) is 7.04. The minimum Gasteiger partial charge on any atom is -0.493 e. The number of methoxy groups -OCH3 is 2. The van der Waals surface area contributed by atoms with E-state index in [1.807, 2.05) is 0 Å². The first-order valence-corrected chi connectivity index (χ1v) is 7.04. The first-order chi connectivity index (χ1) is 10.7. The second kappa shape index (κ2) is 7.65. The normalized spacial score (nSPS) is 11.9. The Labute approximate surface area is 135 Å². The molecule has 1 aromatic rings. The molecular weight excluding hydrogens is 300 g/mol. The molecule has 1 amide bonds. The number of carbonyl (C=O) groups excluding carboxylic acids is 2. The molecule has 126 valence electrons. The largest absolute Gasteiger partial charge is 0.493 e. The van der Waals surface area contributed by atoms with Gasteiger partial charge in [0, 0.05) is 11.6 Å². The number of hydrogen-bond acceptors (Lipinski definition) is 6. The summed E-state index contributed by atoms with van der Waals surface area (Å²) >= 11 is 0. The molecule has 1 aromatic carbocycles. The third-order valence-corrected chi connectivity index (χ3v) is 2.89. The molecule has 7 heteroatoms. The van der Waals surface area contributed by atoms with Gasteiger partial charge in [0.15, 0.2) is 11.5 Å². The van der Waals surface area contributed by atoms with E-state index in [1.54, 1.807) is 39.8 Å². The van der Waals surface area contributed by atoms with Crippen LogP contribution in [0.4, 0.5) is 10.5 Å². The monoisotopic (exact) mass is 322 g/mol. The lowest BCUT2D eigenvalue weighted by molar-refractivity contribution is 0.0635. The second-order valence-corrected chi connectivity index (χ2v) is 5.82. The van der Waals surface area contributed by atoms with Crippen molar-refractivity contribution in [3.05, 3.63) is 17.7 Å². The van der Waals surface area contributed by atoms with Gasteiger partial charge in [0.2, 0.25) is 6.08 Å². The van der Waals surface area contributed by atoms with Crippen LogP contribution in [0.1, 0.15) is 39.3 Å². The molecule has 0 fully saturated rings. The average molecular weight is 322 g/mol. The number of nitrogens with zero attached hydrogens (tertiary/aromatic N) is 1. The Morgan fingerprint density at radius 1 is 1.22 bits per heavy atom. The number of ether oxygens (including phenoxy) is 3. The van der Waals surface area contributed by atoms with Gasteiger partial charge in [0.05, 0.1) is 25.9 Å². The Morgan fingerprint density at radius 3 is 2.26 bits per heavy atom. The van der Waals surface area contributed by atoms with Crippen LogP contribution < -0.4 is 14.8 Å². The number of aliphatic imine (C=N–C) groups is 1. The topological polar surface area (TPSA) is 86.2 Å². The van der Waals surface area contributed by atoms with E-state index < -0.39 is 17.7 Å². The van der Waals surface area contributed by atoms with Gasteiger partial charge in [-0.05, 0) is 33.8 Å². The van der Waals surface area contributed by atoms with Crippen molar-refractivity contribution in [2.45, 2.75) is 39.3 Å². The molecular formula is C16H22N2O5. The van der Waals surface area contributed by atoms with Gasteiger partial charge in [-0.2, -0.15) is 4.99 Å². The Kier molecular flexibility index (Phi) is 6.16. The van der Waals surface area contributed by atoms with Crippen molar-refractivity contribution >= 4 is 17.9 Å². The SMILES string of the molecule is COc1cc(NC(=O)OC(C)(C)C)c(C(C)N=C=O)cc1OC. The lowest BCUT2D eigenvalue weighted by Crippen LogP contribution is -2.27. The molecule has 1 unspecified atom stereocenters. The van der Waals surface area contributed by atoms with E-state index in [2.05, 4.69) is 10.3 Å². The number of carbonyl (C=O) groups is 1. The zero-order valence-electron chi connectivity index (χ0n) is 14.2. The molecule has 0 radical (unpaired) electrons. The summed E-state index contributed by atoms with van der Waals surface area (Å²) < 4.78 is 15.7. The minimum absolute atomic E-state index is 0.420. The van der Waals surface area contributed by atoms with Gasteiger partial charge in [-0.15, -0.1) is 0 Å². The molecule has 0 heterocycles. The summed E-state index contributed by atoms with van der Waals surface area (Å²) in [4.78, 5) is 26.2. The number of isocyanates is 1. The van der Waals surface area contributed by atoms with Crippen LogP contribution >= 0.6 is 0 Å². The third kappa shape index (κ3) is 5.30. The van der Waals surface area contributed by atoms with E-state index in [0.29, 0.717) is 22.7 Å². The standard InChI is InChI=1S/C16H22N2O5/c1-10(17-9-19)11-7-13(21-5)14(22-6)8-12(11)18-15(20)23-16(2,3)4/h7-8,10H,1-6H3,(H,18,20). The number of benzene rings is 1. The van der Waals surface area contributed by atoms with Crippen molar-refractivity contribution in [1.29, 1.82) is 0 Å². The van der Waals surface area contributed by atoms with Gasteiger partial charge in [-0.1, -0.05) is 0 Å². The number of nitrogens with one attached hydrogen (secondary N) is 1. The quantitative estimate of drug-likeness (QED) is 0.663. The molecule has 0 aliphatic heterocycles. The van der Waals surface area contributed by atoms with Crippen molar-refractivity contribution in [2.75, 3.05) is 19.5 Å². The molecule has 0 aliphatic rings. The molecule has 0 saturated carbocycles. The van der Waals surface area contributed by atoms with Crippen LogP contribution in [0.5, 0.6) is 11.5 Å². The minimum atomic E-state index is -0.632. The first kappa shape index (κ1) is 18.5. The van der Waals surface area contributed by atoms with Gasteiger partial charge < -0.3 is 14.2 Å². The number of hydrogen-bond donors (Lipinski definition) is 1. The maximum absolute atomic E-state index is 12.0. The summed E-state index contributed by atoms with van der Waals surface area (Å²) in [6.07, 6.45) is 0.892. The van der Waals surface area contributed by atoms with Crippen LogP contribution in [0.2, 0.25) is 0 Å². The summed E-state index contributed by atoms with van der Waals surface area (Å²) in [5.74, 6) is 0.898. The van der Waals surface area contributed by atoms with Gasteiger partial charge >= 0.3 is 6.09 Å². The van der Waals surface area contributed by atoms with Gasteiger partial charge in [-0.25, -0.2) is 9.59 Å². The van der Waals surface area contributed by atoms with Crippen LogP contribution in [0.15, 0.2) is 17.1 Å². The van der Waals surface area contributed by atoms with Crippen LogP contribution in [0.25, 0.3) is 0 Å². The summed E-state index contributed by atoms with van der Waals surface area (Å²) in [6, 6.07) is 2.73. The van der Waals surface area contributed by atoms with E-state index >= 15 is 0 Å². The fraction of sp³-hybridized carbons (Fsp3) is 0.500. The Hall–Kier alpha value is -2.53. The fourth-order valence-corrected chi connectivity index (χ4v) is 1.91. The van der Waals surface area contributed by atoms with Crippen molar-refractivity contribution in [3.63, 3.8) is 0 Å². The summed E-state index contributed by atoms with van der Waals surface area (Å²) in [5.41, 5.74) is 0.369. The molecule has 0 bridgehead atoms. The lowest BCUT2D eigenvalue weighted by Gasteiger charge is -2.21. The highest BCUT2D eigenvalue weighted by atomic mass is 16.6. The van der Waals surface area contributed by atoms with Crippen LogP contribution in [0, 0.1) is 0 Å². The van der Waals surface area contributed by atoms with E-state index in [9.17, 15) is 9.59 Å². The summed E-state index contributed by atoms with van der Waals surface area (Å²) in [6.45, 7) is 7.00. The highest BCUT2D eigenvalue weighted by molar-refractivity contribution is 5.87. The van der Waals surface area contributed by atoms with Crippen molar-refractivity contribution in [3.8, 4) is 11.5 Å². The number of rotatable bonds is 5. The lowest BCUT2D eigenvalue weighted by atomic mass is 10.1. The molecule has 0 aromatic heterocycles. The second-order valence-electron chi connectivity index (χ2n) is 5.82. The highest BCUT2D eigenvalue weighted by Gasteiger charge is 2.21. The van der Waals surface area contributed by atoms with Crippen molar-refractivity contribution in [2.24, 2.45) is 4.99 Å². The highest BCUT2D eigenvalue weighted by Crippen LogP contribution is 2.37. The molecule has 7 nitrogen and oxygen atoms in total. The molecule has 0 saturated heterocycles. The maximum atomic E-state index is 12.0. The molecule has 0 aliphatic carbocycles. The van der Waals surface area contributed by atoms with Crippen molar-refractivity contribution < 1.29 is 23.8 Å². The fourth-order valence-electron chi connectivity index (χ4n) is 1.91. The Balaban J connectivity index is 3.26. The van der Waals surface area contributed by atoms with E-state index in [4.69, 9.17) is 14.2 Å². The van der Waals surface area contributed by atoms with Gasteiger partial charge in [-0.3, -0.25) is 5.32 Å². The van der Waals surface area contributed by atoms with Crippen LogP contribution in [-0.2, 0) is 9.53 Å². The number of amides is 1. The van der Waals surface area contributed by atoms with E-state index in [0.717, 1.165) is 0 Å². The molecule has 1 N–H and O–H groups in total. The average Bonchev–Trinajstić information content (AvgIpc) is 2.44. The van der Waals surface area contributed by atoms with Crippen LogP contribution in [0.3, 0.4) is 0 Å². The smallest absolute Gasteiger partial charge is 0.412 e. The van der Waals surface area contributed by atoms with Crippen LogP contribution in [-0.4, -0.2) is 32.0 Å². The zero-order valence-corrected chi connectivity index (χ0v) is 14.2. The molecule has 0 spiro atoms.